The van der Waals surface area contributed by atoms with Gasteiger partial charge in [-0.05, 0) is 111 Å². The van der Waals surface area contributed by atoms with Crippen LogP contribution in [0.2, 0.25) is 0 Å². The van der Waals surface area contributed by atoms with Gasteiger partial charge in [-0.3, -0.25) is 0 Å². The lowest BCUT2D eigenvalue weighted by Crippen LogP contribution is -2.69. The lowest BCUT2D eigenvalue weighted by molar-refractivity contribution is -0.383. The maximum atomic E-state index is 12.2. The van der Waals surface area contributed by atoms with Crippen LogP contribution >= 0.6 is 0 Å². The van der Waals surface area contributed by atoms with E-state index in [9.17, 15) is 46.0 Å². The fourth-order valence-corrected chi connectivity index (χ4v) is 13.1. The molecule has 13 heteroatoms. The highest BCUT2D eigenvalue weighted by Crippen LogP contribution is 2.75. The Morgan fingerprint density at radius 3 is 1.95 bits per heavy atom. The second-order valence-corrected chi connectivity index (χ2v) is 19.6. The van der Waals surface area contributed by atoms with Gasteiger partial charge < -0.3 is 64.9 Å². The van der Waals surface area contributed by atoms with E-state index in [0.29, 0.717) is 12.8 Å². The molecule has 0 radical (unpaired) electrons. The van der Waals surface area contributed by atoms with Crippen molar-refractivity contribution in [2.75, 3.05) is 13.2 Å². The molecule has 0 aromatic rings. The smallest absolute Gasteiger partial charge is 0.187 e. The number of aliphatic hydroxyl groups excluding tert-OH is 9. The predicted molar refractivity (Wildman–Crippen MR) is 201 cm³/mol. The van der Waals surface area contributed by atoms with Gasteiger partial charge in [-0.25, -0.2) is 0 Å². The number of rotatable bonds is 10. The van der Waals surface area contributed by atoms with Crippen LogP contribution in [0.25, 0.3) is 0 Å². The van der Waals surface area contributed by atoms with E-state index in [-0.39, 0.29) is 39.9 Å². The van der Waals surface area contributed by atoms with Gasteiger partial charge in [-0.2, -0.15) is 0 Å². The van der Waals surface area contributed by atoms with E-state index in [2.05, 4.69) is 61.1 Å². The summed E-state index contributed by atoms with van der Waals surface area (Å²) in [6.45, 7) is 18.6. The maximum absolute atomic E-state index is 12.2. The summed E-state index contributed by atoms with van der Waals surface area (Å²) >= 11 is 0. The molecule has 0 unspecified atom stereocenters. The van der Waals surface area contributed by atoms with E-state index in [1.807, 2.05) is 0 Å². The molecule has 6 aliphatic rings. The molecule has 316 valence electrons. The second-order valence-electron chi connectivity index (χ2n) is 19.6. The van der Waals surface area contributed by atoms with E-state index in [1.54, 1.807) is 0 Å². The third-order valence-electron chi connectivity index (χ3n) is 16.1. The number of aliphatic hydroxyl groups is 9. The van der Waals surface area contributed by atoms with Crippen molar-refractivity contribution in [2.45, 2.75) is 180 Å². The normalized spacial score (nSPS) is 52.1. The van der Waals surface area contributed by atoms with Crippen molar-refractivity contribution in [3.8, 4) is 0 Å². The van der Waals surface area contributed by atoms with Crippen LogP contribution in [0.5, 0.6) is 0 Å². The summed E-state index contributed by atoms with van der Waals surface area (Å²) < 4.78 is 24.1. The first kappa shape index (κ1) is 43.5. The third-order valence-corrected chi connectivity index (χ3v) is 16.1. The highest BCUT2D eigenvalue weighted by Gasteiger charge is 2.71. The predicted octanol–water partition coefficient (Wildman–Crippen LogP) is 1.93. The molecule has 13 nitrogen and oxygen atoms in total. The summed E-state index contributed by atoms with van der Waals surface area (Å²) in [7, 11) is 0. The van der Waals surface area contributed by atoms with Crippen LogP contribution in [0, 0.1) is 45.3 Å². The number of hydrogen-bond donors (Lipinski definition) is 9. The summed E-state index contributed by atoms with van der Waals surface area (Å²) in [6, 6.07) is 0. The zero-order valence-corrected chi connectivity index (χ0v) is 33.8. The Hall–Kier alpha value is -1.04. The fraction of sp³-hybridized carbons (Fsp3) is 0.905. The standard InChI is InChI=1S/C42H70O13/c1-20(2)10-9-11-21(3)22-12-14-42(8)29(22)23(45)16-28-40(6)17-24(46)36(39(4,5)27(40)13-15-41(28,42)7)55-38-35(33(50)31(48)26(19-44)53-38)54-37-34(51)32(49)30(47)25(18-43)52-37/h10,22-38,43-51H,3,9,11-19H2,1-2,4-8H3/t22-,23-,24-,25-,26-,27+,28-,29+,30-,31-,32+,33+,34-,35-,36+,37+,38+,40+,41-,42-/m0/s1. The topological polar surface area (TPSA) is 219 Å². The van der Waals surface area contributed by atoms with E-state index in [1.165, 1.54) is 11.1 Å². The van der Waals surface area contributed by atoms with Crippen molar-refractivity contribution in [3.63, 3.8) is 0 Å². The Labute approximate surface area is 326 Å². The average Bonchev–Trinajstić information content (AvgIpc) is 3.49. The zero-order valence-electron chi connectivity index (χ0n) is 33.8. The van der Waals surface area contributed by atoms with Gasteiger partial charge in [0.25, 0.3) is 0 Å². The first-order chi connectivity index (χ1) is 25.7. The van der Waals surface area contributed by atoms with Crippen molar-refractivity contribution in [2.24, 2.45) is 45.3 Å². The van der Waals surface area contributed by atoms with Gasteiger partial charge in [0.1, 0.15) is 48.8 Å². The molecule has 2 aliphatic heterocycles. The van der Waals surface area contributed by atoms with E-state index < -0.39 is 98.4 Å². The molecule has 6 rings (SSSR count). The number of allylic oxidation sites excluding steroid dienone is 3. The molecule has 2 saturated heterocycles. The molecule has 0 aromatic heterocycles. The van der Waals surface area contributed by atoms with Crippen molar-refractivity contribution in [1.29, 1.82) is 0 Å². The van der Waals surface area contributed by atoms with Gasteiger partial charge >= 0.3 is 0 Å². The van der Waals surface area contributed by atoms with Gasteiger partial charge in [0.15, 0.2) is 12.6 Å². The van der Waals surface area contributed by atoms with Crippen LogP contribution < -0.4 is 0 Å². The number of fused-ring (bicyclic) bond motifs is 5. The molecule has 2 heterocycles. The maximum Gasteiger partial charge on any atom is 0.187 e. The van der Waals surface area contributed by atoms with Crippen molar-refractivity contribution >= 4 is 0 Å². The van der Waals surface area contributed by atoms with Crippen LogP contribution in [-0.2, 0) is 18.9 Å². The van der Waals surface area contributed by atoms with Gasteiger partial charge in [-0.1, -0.05) is 58.4 Å². The third kappa shape index (κ3) is 7.12. The summed E-state index contributed by atoms with van der Waals surface area (Å²) in [5.41, 5.74) is 1.28. The molecular formula is C42H70O13. The lowest BCUT2D eigenvalue weighted by Gasteiger charge is -2.71. The van der Waals surface area contributed by atoms with Crippen LogP contribution in [-0.4, -0.2) is 139 Å². The lowest BCUT2D eigenvalue weighted by atomic mass is 9.35. The Morgan fingerprint density at radius 1 is 0.727 bits per heavy atom. The Kier molecular flexibility index (Phi) is 12.6. The van der Waals surface area contributed by atoms with E-state index in [4.69, 9.17) is 18.9 Å². The van der Waals surface area contributed by atoms with Crippen molar-refractivity contribution in [1.82, 2.24) is 0 Å². The van der Waals surface area contributed by atoms with Crippen molar-refractivity contribution in [3.05, 3.63) is 23.8 Å². The van der Waals surface area contributed by atoms with Gasteiger partial charge in [0.05, 0.1) is 31.5 Å². The summed E-state index contributed by atoms with van der Waals surface area (Å²) in [4.78, 5) is 0. The van der Waals surface area contributed by atoms with E-state index in [0.717, 1.165) is 38.5 Å². The second kappa shape index (κ2) is 15.9. The minimum absolute atomic E-state index is 0.0487. The first-order valence-electron chi connectivity index (χ1n) is 20.6. The van der Waals surface area contributed by atoms with Crippen LogP contribution in [0.1, 0.15) is 99.8 Å². The van der Waals surface area contributed by atoms with Gasteiger partial charge in [0, 0.05) is 0 Å². The molecule has 6 fully saturated rings. The molecule has 0 bridgehead atoms. The van der Waals surface area contributed by atoms with Crippen molar-refractivity contribution < 1.29 is 64.9 Å². The molecule has 0 aromatic carbocycles. The van der Waals surface area contributed by atoms with Gasteiger partial charge in [0.2, 0.25) is 0 Å². The SMILES string of the molecule is C=C(CCC=C(C)C)[C@@H]1CC[C@@]2(C)[C@H]1[C@@H](O)C[C@H]1[C@]3(C)C[C@H](O)[C@@H](O[C@H]4O[C@@H](CO)[C@H](O)[C@@H](O)[C@@H]4O[C@H]4O[C@@H](CO)[C@H](O)[C@@H](O)[C@@H]4O)C(C)(C)[C@H]3CC[C@@]12C. The number of hydrogen-bond acceptors (Lipinski definition) is 13. The zero-order chi connectivity index (χ0) is 40.6. The first-order valence-corrected chi connectivity index (χ1v) is 20.6. The van der Waals surface area contributed by atoms with Crippen LogP contribution in [0.3, 0.4) is 0 Å². The monoisotopic (exact) mass is 782 g/mol. The number of ether oxygens (including phenoxy) is 4. The largest absolute Gasteiger partial charge is 0.394 e. The fourth-order valence-electron chi connectivity index (χ4n) is 13.1. The molecule has 4 saturated carbocycles. The Morgan fingerprint density at radius 2 is 1.33 bits per heavy atom. The molecule has 0 spiro atoms. The minimum Gasteiger partial charge on any atom is -0.394 e. The van der Waals surface area contributed by atoms with Crippen LogP contribution in [0.4, 0.5) is 0 Å². The quantitative estimate of drug-likeness (QED) is 0.115. The Balaban J connectivity index is 1.25. The highest BCUT2D eigenvalue weighted by molar-refractivity contribution is 5.23. The summed E-state index contributed by atoms with van der Waals surface area (Å²) in [5.74, 6) is 0.556. The molecule has 20 atom stereocenters. The van der Waals surface area contributed by atoms with E-state index >= 15 is 0 Å². The molecule has 9 N–H and O–H groups in total. The minimum atomic E-state index is -1.80. The molecule has 4 aliphatic carbocycles. The molecule has 55 heavy (non-hydrogen) atoms. The van der Waals surface area contributed by atoms with Crippen LogP contribution in [0.15, 0.2) is 23.8 Å². The van der Waals surface area contributed by atoms with Gasteiger partial charge in [-0.15, -0.1) is 0 Å². The highest BCUT2D eigenvalue weighted by atomic mass is 16.8. The molecular weight excluding hydrogens is 712 g/mol. The average molecular weight is 783 g/mol. The molecule has 0 amide bonds. The Bertz CT molecular complexity index is 1400. The summed E-state index contributed by atoms with van der Waals surface area (Å²) in [6.07, 6.45) is -9.14. The summed E-state index contributed by atoms with van der Waals surface area (Å²) in [5, 5.41) is 97.6.